The summed E-state index contributed by atoms with van der Waals surface area (Å²) < 4.78 is 15.2. The first-order valence-corrected chi connectivity index (χ1v) is 5.47. The third-order valence-corrected chi connectivity index (χ3v) is 2.63. The van der Waals surface area contributed by atoms with E-state index in [-0.39, 0.29) is 29.1 Å². The number of benzene rings is 1. The van der Waals surface area contributed by atoms with E-state index in [2.05, 4.69) is 0 Å². The minimum absolute atomic E-state index is 0.0490. The Labute approximate surface area is 108 Å². The normalized spacial score (nSPS) is 10.6. The smallest absolute Gasteiger partial charge is 0.372 e. The van der Waals surface area contributed by atoms with Crippen LogP contribution in [0, 0.1) is 6.92 Å². The second kappa shape index (κ2) is 5.11. The molecule has 0 unspecified atom stereocenters. The molecular weight excluding hydrogens is 252 g/mol. The highest BCUT2D eigenvalue weighted by Gasteiger charge is 2.16. The number of aromatic carboxylic acids is 1. The molecule has 0 bridgehead atoms. The van der Waals surface area contributed by atoms with Gasteiger partial charge in [0.15, 0.2) is 12.2 Å². The van der Waals surface area contributed by atoms with Gasteiger partial charge in [-0.1, -0.05) is 0 Å². The monoisotopic (exact) mass is 264 g/mol. The minimum Gasteiger partial charge on any atom is -0.475 e. The molecule has 1 aromatic carbocycles. The first-order valence-electron chi connectivity index (χ1n) is 5.47. The molecule has 0 fully saturated rings. The number of ether oxygens (including phenoxy) is 2. The first-order chi connectivity index (χ1) is 9.04. The largest absolute Gasteiger partial charge is 0.475 e. The van der Waals surface area contributed by atoms with Crippen molar-refractivity contribution in [2.45, 2.75) is 6.92 Å². The summed E-state index contributed by atoms with van der Waals surface area (Å²) in [6, 6.07) is 4.59. The summed E-state index contributed by atoms with van der Waals surface area (Å²) in [5.74, 6) is -1.21. The van der Waals surface area contributed by atoms with Crippen LogP contribution in [0.4, 0.5) is 0 Å². The third-order valence-electron chi connectivity index (χ3n) is 2.63. The standard InChI is InChI=1S/C13H12O6/c1-7-11(14)9-4-3-8(18-6-17-2)5-10(9)19-12(7)13(15)16/h3-5H,6H2,1-2H3,(H,15,16). The van der Waals surface area contributed by atoms with Gasteiger partial charge in [0.1, 0.15) is 11.3 Å². The number of methoxy groups -OCH3 is 1. The van der Waals surface area contributed by atoms with Crippen LogP contribution in [0.25, 0.3) is 11.0 Å². The molecule has 0 saturated carbocycles. The Hall–Kier alpha value is -2.34. The molecule has 0 aliphatic rings. The third kappa shape index (κ3) is 2.43. The highest BCUT2D eigenvalue weighted by Crippen LogP contribution is 2.21. The second-order valence-electron chi connectivity index (χ2n) is 3.90. The Morgan fingerprint density at radius 2 is 2.16 bits per heavy atom. The van der Waals surface area contributed by atoms with Gasteiger partial charge in [0.2, 0.25) is 5.76 Å². The van der Waals surface area contributed by atoms with Crippen LogP contribution in [0.3, 0.4) is 0 Å². The van der Waals surface area contributed by atoms with Gasteiger partial charge in [-0.3, -0.25) is 4.79 Å². The van der Waals surface area contributed by atoms with E-state index in [9.17, 15) is 9.59 Å². The summed E-state index contributed by atoms with van der Waals surface area (Å²) in [6.45, 7) is 1.47. The molecule has 1 heterocycles. The molecule has 0 aliphatic heterocycles. The van der Waals surface area contributed by atoms with Gasteiger partial charge < -0.3 is 19.0 Å². The van der Waals surface area contributed by atoms with Gasteiger partial charge in [0.25, 0.3) is 0 Å². The highest BCUT2D eigenvalue weighted by atomic mass is 16.7. The zero-order valence-electron chi connectivity index (χ0n) is 10.4. The van der Waals surface area contributed by atoms with E-state index in [0.717, 1.165) is 0 Å². The molecule has 0 radical (unpaired) electrons. The molecule has 0 saturated heterocycles. The minimum atomic E-state index is -1.28. The number of carboxylic acid groups (broad SMARTS) is 1. The topological polar surface area (TPSA) is 86.0 Å². The lowest BCUT2D eigenvalue weighted by Crippen LogP contribution is -2.12. The molecule has 100 valence electrons. The molecular formula is C13H12O6. The van der Waals surface area contributed by atoms with Crippen molar-refractivity contribution in [3.05, 3.63) is 39.7 Å². The van der Waals surface area contributed by atoms with Gasteiger partial charge in [-0.05, 0) is 19.1 Å². The van der Waals surface area contributed by atoms with Crippen molar-refractivity contribution in [1.82, 2.24) is 0 Å². The van der Waals surface area contributed by atoms with Gasteiger partial charge in [-0.15, -0.1) is 0 Å². The van der Waals surface area contributed by atoms with Crippen molar-refractivity contribution < 1.29 is 23.8 Å². The molecule has 2 rings (SSSR count). The number of carbonyl (C=O) groups is 1. The summed E-state index contributed by atoms with van der Waals surface area (Å²) in [5, 5.41) is 9.29. The molecule has 0 spiro atoms. The van der Waals surface area contributed by atoms with Gasteiger partial charge in [0, 0.05) is 18.7 Å². The van der Waals surface area contributed by atoms with E-state index in [4.69, 9.17) is 19.0 Å². The molecule has 0 aliphatic carbocycles. The number of hydrogen-bond donors (Lipinski definition) is 1. The number of rotatable bonds is 4. The van der Waals surface area contributed by atoms with Crippen LogP contribution in [0.15, 0.2) is 27.4 Å². The number of carboxylic acids is 1. The van der Waals surface area contributed by atoms with E-state index in [1.165, 1.54) is 26.2 Å². The Balaban J connectivity index is 2.62. The van der Waals surface area contributed by atoms with Crippen LogP contribution in [0.2, 0.25) is 0 Å². The van der Waals surface area contributed by atoms with E-state index in [0.29, 0.717) is 11.1 Å². The fourth-order valence-electron chi connectivity index (χ4n) is 1.69. The van der Waals surface area contributed by atoms with Crippen molar-refractivity contribution >= 4 is 16.9 Å². The van der Waals surface area contributed by atoms with E-state index in [1.807, 2.05) is 0 Å². The van der Waals surface area contributed by atoms with Crippen LogP contribution in [-0.2, 0) is 4.74 Å². The van der Waals surface area contributed by atoms with Gasteiger partial charge in [0.05, 0.1) is 5.39 Å². The second-order valence-corrected chi connectivity index (χ2v) is 3.90. The summed E-state index contributed by atoms with van der Waals surface area (Å²) in [7, 11) is 1.48. The van der Waals surface area contributed by atoms with Crippen molar-refractivity contribution in [3.63, 3.8) is 0 Å². The Morgan fingerprint density at radius 3 is 2.79 bits per heavy atom. The first kappa shape index (κ1) is 13.1. The Kier molecular flexibility index (Phi) is 3.52. The maximum Gasteiger partial charge on any atom is 0.372 e. The predicted molar refractivity (Wildman–Crippen MR) is 66.7 cm³/mol. The molecule has 1 N–H and O–H groups in total. The lowest BCUT2D eigenvalue weighted by atomic mass is 10.1. The lowest BCUT2D eigenvalue weighted by Gasteiger charge is -2.06. The lowest BCUT2D eigenvalue weighted by molar-refractivity contribution is 0.0511. The van der Waals surface area contributed by atoms with Gasteiger partial charge >= 0.3 is 5.97 Å². The van der Waals surface area contributed by atoms with Crippen LogP contribution in [0.5, 0.6) is 5.75 Å². The van der Waals surface area contributed by atoms with Crippen LogP contribution >= 0.6 is 0 Å². The van der Waals surface area contributed by atoms with Crippen LogP contribution in [0.1, 0.15) is 16.1 Å². The fraction of sp³-hybridized carbons (Fsp3) is 0.231. The molecule has 2 aromatic rings. The van der Waals surface area contributed by atoms with Crippen LogP contribution in [-0.4, -0.2) is 25.0 Å². The van der Waals surface area contributed by atoms with Crippen molar-refractivity contribution in [2.24, 2.45) is 0 Å². The zero-order valence-corrected chi connectivity index (χ0v) is 10.4. The maximum atomic E-state index is 12.0. The highest BCUT2D eigenvalue weighted by molar-refractivity contribution is 5.89. The van der Waals surface area contributed by atoms with E-state index < -0.39 is 5.97 Å². The average Bonchev–Trinajstić information content (AvgIpc) is 2.40. The Morgan fingerprint density at radius 1 is 1.42 bits per heavy atom. The summed E-state index contributed by atoms with van der Waals surface area (Å²) >= 11 is 0. The molecule has 0 amide bonds. The predicted octanol–water partition coefficient (Wildman–Crippen LogP) is 1.78. The Bertz CT molecular complexity index is 685. The molecule has 19 heavy (non-hydrogen) atoms. The SMILES string of the molecule is COCOc1ccc2c(=O)c(C)c(C(=O)O)oc2c1. The quantitative estimate of drug-likeness (QED) is 0.847. The van der Waals surface area contributed by atoms with Crippen molar-refractivity contribution in [1.29, 1.82) is 0 Å². The zero-order chi connectivity index (χ0) is 14.0. The van der Waals surface area contributed by atoms with E-state index >= 15 is 0 Å². The van der Waals surface area contributed by atoms with E-state index in [1.54, 1.807) is 6.07 Å². The molecule has 6 nitrogen and oxygen atoms in total. The summed E-state index contributed by atoms with van der Waals surface area (Å²) in [4.78, 5) is 23.0. The van der Waals surface area contributed by atoms with Crippen LogP contribution < -0.4 is 10.2 Å². The van der Waals surface area contributed by atoms with Crippen molar-refractivity contribution in [3.8, 4) is 5.75 Å². The maximum absolute atomic E-state index is 12.0. The molecule has 0 atom stereocenters. The number of hydrogen-bond acceptors (Lipinski definition) is 5. The molecule has 1 aromatic heterocycles. The fourth-order valence-corrected chi connectivity index (χ4v) is 1.69. The average molecular weight is 264 g/mol. The summed E-state index contributed by atoms with van der Waals surface area (Å²) in [6.07, 6.45) is 0. The molecule has 6 heteroatoms. The van der Waals surface area contributed by atoms with Gasteiger partial charge in [-0.2, -0.15) is 0 Å². The van der Waals surface area contributed by atoms with Gasteiger partial charge in [-0.25, -0.2) is 4.79 Å². The number of fused-ring (bicyclic) bond motifs is 1. The van der Waals surface area contributed by atoms with Crippen molar-refractivity contribution in [2.75, 3.05) is 13.9 Å². The summed E-state index contributed by atoms with van der Waals surface area (Å²) in [5.41, 5.74) is -0.121.